The molecule has 4 aromatic rings. The Bertz CT molecular complexity index is 1230. The summed E-state index contributed by atoms with van der Waals surface area (Å²) < 4.78 is 2.13. The molecule has 2 amide bonds. The topological polar surface area (TPSA) is 130 Å². The summed E-state index contributed by atoms with van der Waals surface area (Å²) in [4.78, 5) is 41.3. The first-order valence-corrected chi connectivity index (χ1v) is 10.8. The van der Waals surface area contributed by atoms with Crippen molar-refractivity contribution in [3.63, 3.8) is 0 Å². The Hall–Kier alpha value is -3.70. The van der Waals surface area contributed by atoms with E-state index in [0.717, 1.165) is 32.4 Å². The highest BCUT2D eigenvalue weighted by Crippen LogP contribution is 2.31. The van der Waals surface area contributed by atoms with Crippen molar-refractivity contribution in [3.05, 3.63) is 87.7 Å². The molecule has 0 aliphatic heterocycles. The fourth-order valence-corrected chi connectivity index (χ4v) is 4.71. The predicted molar refractivity (Wildman–Crippen MR) is 118 cm³/mol. The fourth-order valence-electron chi connectivity index (χ4n) is 2.68. The van der Waals surface area contributed by atoms with Gasteiger partial charge in [-0.1, -0.05) is 36.0 Å². The maximum atomic E-state index is 12.2. The van der Waals surface area contributed by atoms with Crippen LogP contribution in [0, 0.1) is 10.1 Å². The van der Waals surface area contributed by atoms with E-state index in [1.165, 1.54) is 0 Å². The number of nitrogens with zero attached hydrogens (tertiary/aromatic N) is 2. The molecule has 0 bridgehead atoms. The highest BCUT2D eigenvalue weighted by Gasteiger charge is 2.15. The minimum atomic E-state index is -0.690. The second-order valence-electron chi connectivity index (χ2n) is 6.37. The first-order chi connectivity index (χ1) is 15.0. The third-order valence-electron chi connectivity index (χ3n) is 4.27. The van der Waals surface area contributed by atoms with Gasteiger partial charge in [-0.25, -0.2) is 4.98 Å². The lowest BCUT2D eigenvalue weighted by Gasteiger charge is -2.07. The van der Waals surface area contributed by atoms with E-state index in [0.29, 0.717) is 11.3 Å². The standard InChI is InChI=1S/C20H15N5O4S2/c26-18(23-24-19(27)16-9-14(10-21-16)25(28)29)13-7-5-12(6-8-13)11-30-20-22-15-3-1-2-4-17(15)31-20/h1-10,21H,11H2,(H,23,26)(H,24,27). The van der Waals surface area contributed by atoms with Crippen LogP contribution in [-0.4, -0.2) is 26.7 Å². The van der Waals surface area contributed by atoms with Gasteiger partial charge in [0.25, 0.3) is 17.5 Å². The molecular formula is C20H15N5O4S2. The molecule has 0 aliphatic carbocycles. The van der Waals surface area contributed by atoms with E-state index in [4.69, 9.17) is 0 Å². The van der Waals surface area contributed by atoms with Crippen LogP contribution in [0.3, 0.4) is 0 Å². The number of rotatable bonds is 6. The number of para-hydroxylation sites is 1. The number of amides is 2. The Morgan fingerprint density at radius 3 is 2.55 bits per heavy atom. The summed E-state index contributed by atoms with van der Waals surface area (Å²) in [5.74, 6) is -0.477. The third kappa shape index (κ3) is 4.90. The number of thioether (sulfide) groups is 1. The summed E-state index contributed by atoms with van der Waals surface area (Å²) in [6, 6.07) is 16.1. The molecular weight excluding hydrogens is 438 g/mol. The maximum Gasteiger partial charge on any atom is 0.287 e. The SMILES string of the molecule is O=C(NNC(=O)c1cc([N+](=O)[O-])c[nH]1)c1ccc(CSc2nc3ccccc3s2)cc1. The number of aromatic nitrogens is 2. The first-order valence-electron chi connectivity index (χ1n) is 9.00. The lowest BCUT2D eigenvalue weighted by molar-refractivity contribution is -0.384. The molecule has 2 heterocycles. The van der Waals surface area contributed by atoms with Gasteiger partial charge in [0, 0.05) is 17.4 Å². The monoisotopic (exact) mass is 453 g/mol. The van der Waals surface area contributed by atoms with Crippen molar-refractivity contribution in [2.75, 3.05) is 0 Å². The molecule has 0 saturated heterocycles. The van der Waals surface area contributed by atoms with E-state index < -0.39 is 16.7 Å². The van der Waals surface area contributed by atoms with E-state index in [1.807, 2.05) is 36.4 Å². The summed E-state index contributed by atoms with van der Waals surface area (Å²) in [5.41, 5.74) is 6.62. The van der Waals surface area contributed by atoms with Gasteiger partial charge in [-0.2, -0.15) is 0 Å². The molecule has 156 valence electrons. The number of carbonyl (C=O) groups is 2. The van der Waals surface area contributed by atoms with Crippen LogP contribution in [0.15, 0.2) is 65.1 Å². The average molecular weight is 454 g/mol. The van der Waals surface area contributed by atoms with E-state index >= 15 is 0 Å². The van der Waals surface area contributed by atoms with Crippen molar-refractivity contribution < 1.29 is 14.5 Å². The third-order valence-corrected chi connectivity index (χ3v) is 6.52. The Labute approximate surface area is 184 Å². The lowest BCUT2D eigenvalue weighted by Crippen LogP contribution is -2.41. The van der Waals surface area contributed by atoms with Gasteiger partial charge in [0.05, 0.1) is 21.3 Å². The molecule has 0 aliphatic rings. The van der Waals surface area contributed by atoms with Gasteiger partial charge < -0.3 is 4.98 Å². The molecule has 0 radical (unpaired) electrons. The number of aromatic amines is 1. The molecule has 0 fully saturated rings. The Balaban J connectivity index is 1.30. The first kappa shape index (κ1) is 20.6. The van der Waals surface area contributed by atoms with Crippen molar-refractivity contribution in [3.8, 4) is 0 Å². The van der Waals surface area contributed by atoms with E-state index in [2.05, 4.69) is 20.8 Å². The van der Waals surface area contributed by atoms with E-state index in [1.54, 1.807) is 35.2 Å². The molecule has 11 heteroatoms. The largest absolute Gasteiger partial charge is 0.351 e. The van der Waals surface area contributed by atoms with Gasteiger partial charge in [-0.15, -0.1) is 11.3 Å². The van der Waals surface area contributed by atoms with Crippen LogP contribution in [0.5, 0.6) is 0 Å². The normalized spacial score (nSPS) is 10.7. The molecule has 0 spiro atoms. The number of fused-ring (bicyclic) bond motifs is 1. The number of nitro groups is 1. The van der Waals surface area contributed by atoms with Crippen LogP contribution < -0.4 is 10.9 Å². The molecule has 9 nitrogen and oxygen atoms in total. The molecule has 2 aromatic heterocycles. The van der Waals surface area contributed by atoms with Crippen molar-refractivity contribution in [2.24, 2.45) is 0 Å². The van der Waals surface area contributed by atoms with Crippen LogP contribution in [0.4, 0.5) is 5.69 Å². The van der Waals surface area contributed by atoms with Crippen LogP contribution in [0.2, 0.25) is 0 Å². The predicted octanol–water partition coefficient (Wildman–Crippen LogP) is 3.90. The zero-order valence-corrected chi connectivity index (χ0v) is 17.5. The Morgan fingerprint density at radius 1 is 1.10 bits per heavy atom. The smallest absolute Gasteiger partial charge is 0.287 e. The number of H-pyrrole nitrogens is 1. The van der Waals surface area contributed by atoms with Gasteiger partial charge >= 0.3 is 0 Å². The number of benzene rings is 2. The molecule has 3 N–H and O–H groups in total. The fraction of sp³-hybridized carbons (Fsp3) is 0.0500. The van der Waals surface area contributed by atoms with Crippen LogP contribution in [0.1, 0.15) is 26.4 Å². The molecule has 0 saturated carbocycles. The second kappa shape index (κ2) is 8.98. The Kier molecular flexibility index (Phi) is 5.96. The number of hydrogen-bond acceptors (Lipinski definition) is 7. The van der Waals surface area contributed by atoms with Gasteiger partial charge in [-0.3, -0.25) is 30.6 Å². The number of hydrazine groups is 1. The molecule has 0 unspecified atom stereocenters. The van der Waals surface area contributed by atoms with Crippen molar-refractivity contribution in [2.45, 2.75) is 10.1 Å². The summed E-state index contributed by atoms with van der Waals surface area (Å²) >= 11 is 3.27. The molecule has 2 aromatic carbocycles. The zero-order valence-electron chi connectivity index (χ0n) is 15.8. The summed E-state index contributed by atoms with van der Waals surface area (Å²) in [7, 11) is 0. The highest BCUT2D eigenvalue weighted by molar-refractivity contribution is 8.00. The minimum Gasteiger partial charge on any atom is -0.351 e. The molecule has 4 rings (SSSR count). The number of nitrogens with one attached hydrogen (secondary N) is 3. The van der Waals surface area contributed by atoms with Gasteiger partial charge in [-0.05, 0) is 29.8 Å². The quantitative estimate of drug-likeness (QED) is 0.231. The van der Waals surface area contributed by atoms with Crippen molar-refractivity contribution in [1.29, 1.82) is 0 Å². The summed E-state index contributed by atoms with van der Waals surface area (Å²) in [5, 5.41) is 10.7. The highest BCUT2D eigenvalue weighted by atomic mass is 32.2. The number of hydrogen-bond donors (Lipinski definition) is 3. The average Bonchev–Trinajstić information content (AvgIpc) is 3.43. The van der Waals surface area contributed by atoms with Gasteiger partial charge in [0.1, 0.15) is 5.69 Å². The number of carbonyl (C=O) groups excluding carboxylic acids is 2. The van der Waals surface area contributed by atoms with E-state index in [-0.39, 0.29) is 11.4 Å². The van der Waals surface area contributed by atoms with E-state index in [9.17, 15) is 19.7 Å². The van der Waals surface area contributed by atoms with Crippen LogP contribution in [-0.2, 0) is 5.75 Å². The second-order valence-corrected chi connectivity index (χ2v) is 8.62. The minimum absolute atomic E-state index is 0.0331. The summed E-state index contributed by atoms with van der Waals surface area (Å²) in [6.45, 7) is 0. The zero-order chi connectivity index (χ0) is 21.8. The maximum absolute atomic E-state index is 12.2. The van der Waals surface area contributed by atoms with Crippen molar-refractivity contribution >= 4 is 50.8 Å². The number of thiazole rings is 1. The van der Waals surface area contributed by atoms with Gasteiger partial charge in [0.2, 0.25) is 0 Å². The lowest BCUT2D eigenvalue weighted by atomic mass is 10.1. The molecule has 31 heavy (non-hydrogen) atoms. The molecule has 0 atom stereocenters. The Morgan fingerprint density at radius 2 is 1.84 bits per heavy atom. The van der Waals surface area contributed by atoms with Crippen molar-refractivity contribution in [1.82, 2.24) is 20.8 Å². The summed E-state index contributed by atoms with van der Waals surface area (Å²) in [6.07, 6.45) is 1.10. The van der Waals surface area contributed by atoms with Crippen LogP contribution >= 0.6 is 23.1 Å². The van der Waals surface area contributed by atoms with Crippen LogP contribution in [0.25, 0.3) is 10.2 Å². The van der Waals surface area contributed by atoms with Gasteiger partial charge in [0.15, 0.2) is 4.34 Å².